The molecule has 3 aliphatic carbocycles. The lowest BCUT2D eigenvalue weighted by Gasteiger charge is -2.27. The number of rotatable bonds is 5. The van der Waals surface area contributed by atoms with Gasteiger partial charge in [-0.25, -0.2) is 4.79 Å². The zero-order chi connectivity index (χ0) is 20.0. The van der Waals surface area contributed by atoms with Crippen LogP contribution in [-0.2, 0) is 27.2 Å². The molecule has 1 aromatic rings. The smallest absolute Gasteiger partial charge is 0.341 e. The third-order valence-corrected chi connectivity index (χ3v) is 7.67. The molecule has 0 spiro atoms. The van der Waals surface area contributed by atoms with Crippen LogP contribution in [0.3, 0.4) is 0 Å². The second-order valence-corrected chi connectivity index (χ2v) is 9.69. The van der Waals surface area contributed by atoms with Crippen LogP contribution in [0.5, 0.6) is 0 Å². The Morgan fingerprint density at radius 2 is 1.79 bits per heavy atom. The number of nitrogens with one attached hydrogen (secondary N) is 1. The SMILES string of the molecule is CC(C)OC(=O)c1c(NC(=O)[C@H]2[C@H]3CC[C@@H](C3)[C@H]2C(=O)O)sc2c1CCCC2. The first-order valence-electron chi connectivity index (χ1n) is 10.3. The van der Waals surface area contributed by atoms with E-state index >= 15 is 0 Å². The minimum absolute atomic E-state index is 0.0974. The van der Waals surface area contributed by atoms with Crippen LogP contribution >= 0.6 is 11.3 Å². The summed E-state index contributed by atoms with van der Waals surface area (Å²) in [6, 6.07) is 0. The highest BCUT2D eigenvalue weighted by Gasteiger charge is 2.54. The number of esters is 1. The van der Waals surface area contributed by atoms with E-state index in [2.05, 4.69) is 5.32 Å². The summed E-state index contributed by atoms with van der Waals surface area (Å²) < 4.78 is 5.44. The van der Waals surface area contributed by atoms with E-state index in [-0.39, 0.29) is 23.8 Å². The number of ether oxygens (including phenoxy) is 1. The van der Waals surface area contributed by atoms with Gasteiger partial charge >= 0.3 is 11.9 Å². The molecule has 0 aliphatic heterocycles. The largest absolute Gasteiger partial charge is 0.481 e. The molecule has 0 aromatic carbocycles. The molecule has 28 heavy (non-hydrogen) atoms. The van der Waals surface area contributed by atoms with Crippen molar-refractivity contribution in [1.82, 2.24) is 0 Å². The van der Waals surface area contributed by atoms with E-state index in [1.165, 1.54) is 11.3 Å². The second kappa shape index (κ2) is 7.50. The summed E-state index contributed by atoms with van der Waals surface area (Å²) in [6.45, 7) is 3.61. The molecule has 0 saturated heterocycles. The van der Waals surface area contributed by atoms with Crippen LogP contribution in [-0.4, -0.2) is 29.1 Å². The molecule has 0 unspecified atom stereocenters. The van der Waals surface area contributed by atoms with Gasteiger partial charge in [0.25, 0.3) is 0 Å². The molecule has 2 N–H and O–H groups in total. The lowest BCUT2D eigenvalue weighted by Crippen LogP contribution is -2.38. The molecule has 6 nitrogen and oxygen atoms in total. The number of carbonyl (C=O) groups is 3. The third kappa shape index (κ3) is 3.34. The van der Waals surface area contributed by atoms with E-state index in [1.807, 2.05) is 13.8 Å². The summed E-state index contributed by atoms with van der Waals surface area (Å²) >= 11 is 1.45. The van der Waals surface area contributed by atoms with Crippen LogP contribution in [0.1, 0.15) is 66.8 Å². The van der Waals surface area contributed by atoms with Gasteiger partial charge in [0.2, 0.25) is 5.91 Å². The van der Waals surface area contributed by atoms with Gasteiger partial charge in [-0.15, -0.1) is 11.3 Å². The van der Waals surface area contributed by atoms with E-state index < -0.39 is 23.8 Å². The van der Waals surface area contributed by atoms with E-state index in [0.29, 0.717) is 10.6 Å². The zero-order valence-electron chi connectivity index (χ0n) is 16.3. The molecule has 2 bridgehead atoms. The number of aliphatic carboxylic acids is 1. The van der Waals surface area contributed by atoms with Crippen molar-refractivity contribution in [2.75, 3.05) is 5.32 Å². The van der Waals surface area contributed by atoms with Gasteiger partial charge in [-0.2, -0.15) is 0 Å². The number of fused-ring (bicyclic) bond motifs is 3. The Morgan fingerprint density at radius 1 is 1.11 bits per heavy atom. The van der Waals surface area contributed by atoms with Crippen LogP contribution in [0.2, 0.25) is 0 Å². The number of hydrogen-bond donors (Lipinski definition) is 2. The lowest BCUT2D eigenvalue weighted by atomic mass is 9.78. The molecule has 2 fully saturated rings. The number of anilines is 1. The maximum Gasteiger partial charge on any atom is 0.341 e. The number of aryl methyl sites for hydroxylation is 1. The van der Waals surface area contributed by atoms with Gasteiger partial charge in [-0.1, -0.05) is 0 Å². The summed E-state index contributed by atoms with van der Waals surface area (Å²) in [5.74, 6) is -2.42. The topological polar surface area (TPSA) is 92.7 Å². The summed E-state index contributed by atoms with van der Waals surface area (Å²) in [6.07, 6.45) is 6.20. The van der Waals surface area contributed by atoms with Gasteiger partial charge < -0.3 is 15.2 Å². The van der Waals surface area contributed by atoms with Gasteiger partial charge in [0.15, 0.2) is 0 Å². The van der Waals surface area contributed by atoms with Gasteiger partial charge in [0.05, 0.1) is 23.5 Å². The van der Waals surface area contributed by atoms with Crippen LogP contribution in [0.15, 0.2) is 0 Å². The van der Waals surface area contributed by atoms with Crippen molar-refractivity contribution in [3.8, 4) is 0 Å². The third-order valence-electron chi connectivity index (χ3n) is 6.46. The predicted molar refractivity (Wildman–Crippen MR) is 106 cm³/mol. The fraction of sp³-hybridized carbons (Fsp3) is 0.667. The van der Waals surface area contributed by atoms with Crippen molar-refractivity contribution in [3.05, 3.63) is 16.0 Å². The molecule has 3 aliphatic rings. The second-order valence-electron chi connectivity index (χ2n) is 8.58. The zero-order valence-corrected chi connectivity index (χ0v) is 17.1. The number of carbonyl (C=O) groups excluding carboxylic acids is 2. The highest BCUT2D eigenvalue weighted by atomic mass is 32.1. The molecule has 1 heterocycles. The number of carboxylic acid groups (broad SMARTS) is 1. The van der Waals surface area contributed by atoms with Gasteiger partial charge in [0, 0.05) is 4.88 Å². The van der Waals surface area contributed by atoms with Crippen LogP contribution in [0.4, 0.5) is 5.00 Å². The first kappa shape index (κ1) is 19.4. The first-order valence-corrected chi connectivity index (χ1v) is 11.1. The predicted octanol–water partition coefficient (Wildman–Crippen LogP) is 3.88. The quantitative estimate of drug-likeness (QED) is 0.725. The summed E-state index contributed by atoms with van der Waals surface area (Å²) in [4.78, 5) is 38.8. The summed E-state index contributed by atoms with van der Waals surface area (Å²) in [5.41, 5.74) is 1.48. The maximum atomic E-state index is 13.1. The fourth-order valence-electron chi connectivity index (χ4n) is 5.36. The molecule has 1 amide bonds. The minimum Gasteiger partial charge on any atom is -0.481 e. The van der Waals surface area contributed by atoms with E-state index in [9.17, 15) is 19.5 Å². The van der Waals surface area contributed by atoms with Crippen LogP contribution in [0, 0.1) is 23.7 Å². The maximum absolute atomic E-state index is 13.1. The van der Waals surface area contributed by atoms with Gasteiger partial charge in [-0.05, 0) is 76.2 Å². The summed E-state index contributed by atoms with van der Waals surface area (Å²) in [7, 11) is 0. The van der Waals surface area contributed by atoms with E-state index in [4.69, 9.17) is 4.74 Å². The molecular weight excluding hydrogens is 378 g/mol. The highest BCUT2D eigenvalue weighted by Crippen LogP contribution is 2.53. The van der Waals surface area contributed by atoms with Crippen LogP contribution in [0.25, 0.3) is 0 Å². The molecule has 4 atom stereocenters. The monoisotopic (exact) mass is 405 g/mol. The average Bonchev–Trinajstić information content (AvgIpc) is 3.32. The van der Waals surface area contributed by atoms with Gasteiger partial charge in [0.1, 0.15) is 5.00 Å². The van der Waals surface area contributed by atoms with Gasteiger partial charge in [-0.3, -0.25) is 9.59 Å². The lowest BCUT2D eigenvalue weighted by molar-refractivity contribution is -0.148. The van der Waals surface area contributed by atoms with E-state index in [1.54, 1.807) is 0 Å². The Kier molecular flexibility index (Phi) is 5.21. The van der Waals surface area contributed by atoms with Crippen molar-refractivity contribution < 1.29 is 24.2 Å². The number of carboxylic acids is 1. The van der Waals surface area contributed by atoms with Crippen LogP contribution < -0.4 is 5.32 Å². The van der Waals surface area contributed by atoms with Crippen molar-refractivity contribution in [3.63, 3.8) is 0 Å². The molecule has 4 rings (SSSR count). The molecule has 152 valence electrons. The Balaban J connectivity index is 1.62. The van der Waals surface area contributed by atoms with Crippen molar-refractivity contribution >= 4 is 34.2 Å². The van der Waals surface area contributed by atoms with E-state index in [0.717, 1.165) is 55.4 Å². The average molecular weight is 406 g/mol. The number of thiophene rings is 1. The molecule has 2 saturated carbocycles. The Bertz CT molecular complexity index is 814. The fourth-order valence-corrected chi connectivity index (χ4v) is 6.64. The number of hydrogen-bond acceptors (Lipinski definition) is 5. The Hall–Kier alpha value is -1.89. The molecular formula is C21H27NO5S. The van der Waals surface area contributed by atoms with Crippen molar-refractivity contribution in [2.45, 2.75) is 64.9 Å². The molecule has 7 heteroatoms. The summed E-state index contributed by atoms with van der Waals surface area (Å²) in [5, 5.41) is 13.1. The number of amides is 1. The Labute approximate surface area is 168 Å². The molecule has 0 radical (unpaired) electrons. The Morgan fingerprint density at radius 3 is 2.46 bits per heavy atom. The standard InChI is InChI=1S/C21H27NO5S/c1-10(2)27-21(26)17-13-5-3-4-6-14(13)28-19(17)22-18(23)15-11-7-8-12(9-11)16(15)20(24)25/h10-12,15-16H,3-9H2,1-2H3,(H,22,23)(H,24,25)/t11-,12-,15-,16+/m0/s1. The normalized spacial score (nSPS) is 28.2. The van der Waals surface area contributed by atoms with Crippen molar-refractivity contribution in [1.29, 1.82) is 0 Å². The molecule has 1 aromatic heterocycles. The minimum atomic E-state index is -0.878. The highest BCUT2D eigenvalue weighted by molar-refractivity contribution is 7.17. The first-order chi connectivity index (χ1) is 13.4. The van der Waals surface area contributed by atoms with Crippen molar-refractivity contribution in [2.24, 2.45) is 23.7 Å².